The first-order valence-corrected chi connectivity index (χ1v) is 7.54. The Bertz CT molecular complexity index is 445. The van der Waals surface area contributed by atoms with Gasteiger partial charge in [0.15, 0.2) is 0 Å². The zero-order valence-electron chi connectivity index (χ0n) is 12.2. The number of ether oxygens (including phenoxy) is 1. The molecule has 0 spiro atoms. The summed E-state index contributed by atoms with van der Waals surface area (Å²) in [4.78, 5) is 8.91. The van der Waals surface area contributed by atoms with Crippen molar-refractivity contribution in [2.24, 2.45) is 0 Å². The maximum absolute atomic E-state index is 6.00. The Labute approximate surface area is 120 Å². The van der Waals surface area contributed by atoms with Crippen LogP contribution in [0, 0.1) is 0 Å². The molecule has 2 aliphatic heterocycles. The highest BCUT2D eigenvalue weighted by atomic mass is 16.5. The van der Waals surface area contributed by atoms with E-state index in [0.29, 0.717) is 12.2 Å². The lowest BCUT2D eigenvalue weighted by Crippen LogP contribution is -2.48. The molecule has 2 atom stereocenters. The molecule has 1 aromatic rings. The molecular weight excluding hydrogens is 252 g/mol. The average Bonchev–Trinajstić information content (AvgIpc) is 2.86. The number of anilines is 2. The summed E-state index contributed by atoms with van der Waals surface area (Å²) in [7, 11) is 0. The second kappa shape index (κ2) is 5.97. The van der Waals surface area contributed by atoms with Gasteiger partial charge in [0.25, 0.3) is 0 Å². The quantitative estimate of drug-likeness (QED) is 0.903. The Kier molecular flexibility index (Phi) is 4.08. The topological polar surface area (TPSA) is 54.6 Å². The summed E-state index contributed by atoms with van der Waals surface area (Å²) in [6, 6.07) is 2.01. The molecule has 2 fully saturated rings. The van der Waals surface area contributed by atoms with Crippen LogP contribution in [0.4, 0.5) is 11.4 Å². The van der Waals surface area contributed by atoms with Crippen LogP contribution >= 0.6 is 0 Å². The Morgan fingerprint density at radius 2 is 2.10 bits per heavy atom. The standard InChI is InChI=1S/C15H24N4O/c1-12-2-3-13(20-12)11-18-6-8-19(9-7-18)15-4-5-17-10-14(15)16/h4-5,10,12-13H,2-3,6-9,11,16H2,1H3. The molecule has 0 radical (unpaired) electrons. The molecule has 2 N–H and O–H groups in total. The van der Waals surface area contributed by atoms with Crippen LogP contribution in [0.2, 0.25) is 0 Å². The lowest BCUT2D eigenvalue weighted by atomic mass is 10.2. The number of pyridine rings is 1. The molecule has 2 unspecified atom stereocenters. The van der Waals surface area contributed by atoms with Gasteiger partial charge in [0.2, 0.25) is 0 Å². The molecule has 110 valence electrons. The van der Waals surface area contributed by atoms with Gasteiger partial charge in [-0.1, -0.05) is 0 Å². The van der Waals surface area contributed by atoms with E-state index >= 15 is 0 Å². The first kappa shape index (κ1) is 13.6. The van der Waals surface area contributed by atoms with Crippen LogP contribution in [0.3, 0.4) is 0 Å². The maximum atomic E-state index is 6.00. The number of piperazine rings is 1. The van der Waals surface area contributed by atoms with Crippen molar-refractivity contribution in [2.45, 2.75) is 32.0 Å². The molecule has 20 heavy (non-hydrogen) atoms. The number of aromatic nitrogens is 1. The molecule has 5 nitrogen and oxygen atoms in total. The highest BCUT2D eigenvalue weighted by Crippen LogP contribution is 2.24. The van der Waals surface area contributed by atoms with E-state index in [1.807, 2.05) is 12.3 Å². The molecule has 0 saturated carbocycles. The lowest BCUT2D eigenvalue weighted by molar-refractivity contribution is 0.0304. The molecule has 0 aliphatic carbocycles. The molecule has 3 heterocycles. The van der Waals surface area contributed by atoms with Crippen LogP contribution in [0.25, 0.3) is 0 Å². The maximum Gasteiger partial charge on any atom is 0.0738 e. The minimum absolute atomic E-state index is 0.433. The molecule has 5 heteroatoms. The van der Waals surface area contributed by atoms with Crippen molar-refractivity contribution in [3.8, 4) is 0 Å². The van der Waals surface area contributed by atoms with Crippen LogP contribution < -0.4 is 10.6 Å². The Hall–Kier alpha value is -1.33. The number of nitrogens with zero attached hydrogens (tertiary/aromatic N) is 3. The summed E-state index contributed by atoms with van der Waals surface area (Å²) in [5.41, 5.74) is 7.88. The Morgan fingerprint density at radius 1 is 1.30 bits per heavy atom. The molecule has 1 aromatic heterocycles. The van der Waals surface area contributed by atoms with E-state index in [1.54, 1.807) is 6.20 Å². The van der Waals surface area contributed by atoms with Crippen molar-refractivity contribution in [3.05, 3.63) is 18.5 Å². The summed E-state index contributed by atoms with van der Waals surface area (Å²) < 4.78 is 5.91. The van der Waals surface area contributed by atoms with Crippen molar-refractivity contribution >= 4 is 11.4 Å². The number of rotatable bonds is 3. The molecule has 0 amide bonds. The van der Waals surface area contributed by atoms with Gasteiger partial charge in [0.05, 0.1) is 29.8 Å². The van der Waals surface area contributed by atoms with Gasteiger partial charge in [-0.15, -0.1) is 0 Å². The monoisotopic (exact) mass is 276 g/mol. The smallest absolute Gasteiger partial charge is 0.0738 e. The van der Waals surface area contributed by atoms with Crippen LogP contribution in [0.15, 0.2) is 18.5 Å². The summed E-state index contributed by atoms with van der Waals surface area (Å²) in [6.07, 6.45) is 6.83. The summed E-state index contributed by atoms with van der Waals surface area (Å²) in [5.74, 6) is 0. The van der Waals surface area contributed by atoms with Crippen LogP contribution in [0.5, 0.6) is 0 Å². The van der Waals surface area contributed by atoms with Gasteiger partial charge < -0.3 is 15.4 Å². The van der Waals surface area contributed by atoms with E-state index in [4.69, 9.17) is 10.5 Å². The lowest BCUT2D eigenvalue weighted by Gasteiger charge is -2.37. The Morgan fingerprint density at radius 3 is 2.75 bits per heavy atom. The third kappa shape index (κ3) is 3.04. The minimum atomic E-state index is 0.433. The largest absolute Gasteiger partial charge is 0.396 e. The number of hydrogen-bond donors (Lipinski definition) is 1. The van der Waals surface area contributed by atoms with Gasteiger partial charge >= 0.3 is 0 Å². The van der Waals surface area contributed by atoms with Crippen molar-refractivity contribution in [1.29, 1.82) is 0 Å². The summed E-state index contributed by atoms with van der Waals surface area (Å²) in [5, 5.41) is 0. The average molecular weight is 276 g/mol. The van der Waals surface area contributed by atoms with Crippen LogP contribution in [0.1, 0.15) is 19.8 Å². The number of nitrogens with two attached hydrogens (primary N) is 1. The molecule has 0 aromatic carbocycles. The fraction of sp³-hybridized carbons (Fsp3) is 0.667. The van der Waals surface area contributed by atoms with Crippen molar-refractivity contribution in [3.63, 3.8) is 0 Å². The SMILES string of the molecule is CC1CCC(CN2CCN(c3ccncc3N)CC2)O1. The first-order chi connectivity index (χ1) is 9.72. The van der Waals surface area contributed by atoms with E-state index < -0.39 is 0 Å². The van der Waals surface area contributed by atoms with Gasteiger partial charge in [0.1, 0.15) is 0 Å². The molecule has 3 rings (SSSR count). The van der Waals surface area contributed by atoms with E-state index in [-0.39, 0.29) is 0 Å². The van der Waals surface area contributed by atoms with E-state index in [9.17, 15) is 0 Å². The minimum Gasteiger partial charge on any atom is -0.396 e. The van der Waals surface area contributed by atoms with Crippen molar-refractivity contribution < 1.29 is 4.74 Å². The zero-order chi connectivity index (χ0) is 13.9. The summed E-state index contributed by atoms with van der Waals surface area (Å²) >= 11 is 0. The second-order valence-electron chi connectivity index (χ2n) is 5.87. The third-order valence-corrected chi connectivity index (χ3v) is 4.32. The van der Waals surface area contributed by atoms with Gasteiger partial charge in [-0.3, -0.25) is 9.88 Å². The van der Waals surface area contributed by atoms with Crippen LogP contribution in [-0.2, 0) is 4.74 Å². The highest BCUT2D eigenvalue weighted by molar-refractivity contribution is 5.66. The summed E-state index contributed by atoms with van der Waals surface area (Å²) in [6.45, 7) is 7.45. The first-order valence-electron chi connectivity index (χ1n) is 7.54. The fourth-order valence-corrected chi connectivity index (χ4v) is 3.17. The van der Waals surface area contributed by atoms with Gasteiger partial charge in [-0.05, 0) is 25.8 Å². The van der Waals surface area contributed by atoms with E-state index in [0.717, 1.165) is 44.1 Å². The van der Waals surface area contributed by atoms with Gasteiger partial charge in [-0.2, -0.15) is 0 Å². The highest BCUT2D eigenvalue weighted by Gasteiger charge is 2.26. The second-order valence-corrected chi connectivity index (χ2v) is 5.87. The van der Waals surface area contributed by atoms with Crippen LogP contribution in [-0.4, -0.2) is 54.8 Å². The molecule has 0 bridgehead atoms. The predicted octanol–water partition coefficient (Wildman–Crippen LogP) is 1.35. The zero-order valence-corrected chi connectivity index (χ0v) is 12.2. The third-order valence-electron chi connectivity index (χ3n) is 4.32. The van der Waals surface area contributed by atoms with Gasteiger partial charge in [0, 0.05) is 38.9 Å². The normalized spacial score (nSPS) is 27.9. The van der Waals surface area contributed by atoms with E-state index in [2.05, 4.69) is 21.7 Å². The predicted molar refractivity (Wildman–Crippen MR) is 80.9 cm³/mol. The Balaban J connectivity index is 1.51. The van der Waals surface area contributed by atoms with E-state index in [1.165, 1.54) is 12.8 Å². The van der Waals surface area contributed by atoms with Crippen molar-refractivity contribution in [1.82, 2.24) is 9.88 Å². The van der Waals surface area contributed by atoms with Gasteiger partial charge in [-0.25, -0.2) is 0 Å². The molecule has 2 aliphatic rings. The molecule has 2 saturated heterocycles. The number of hydrogen-bond acceptors (Lipinski definition) is 5. The number of nitrogen functional groups attached to an aromatic ring is 1. The van der Waals surface area contributed by atoms with Crippen molar-refractivity contribution in [2.75, 3.05) is 43.4 Å². The molecular formula is C15H24N4O. The fourth-order valence-electron chi connectivity index (χ4n) is 3.17.